The molecule has 0 aliphatic rings. The molecule has 1 unspecified atom stereocenters. The third-order valence-corrected chi connectivity index (χ3v) is 11.3. The van der Waals surface area contributed by atoms with Crippen molar-refractivity contribution in [2.75, 3.05) is 47.5 Å². The molecule has 0 spiro atoms. The standard InChI is InChI=1S/C46H90NO8P/c1-6-8-10-12-14-16-18-20-22-23-25-26-28-30-32-34-36-38-45(48)52-42-44(43-54-56(50,51)53-41-40-47(3,4)5)55-46(49)39-37-35-33-31-29-27-24-21-19-17-15-13-11-9-7-2/h16,18,44H,6-15,17,19-43H2,1-5H3/p+1/b18-16+/t44-/m1/s1. The fourth-order valence-corrected chi connectivity index (χ4v) is 7.34. The lowest BCUT2D eigenvalue weighted by atomic mass is 10.0. The minimum atomic E-state index is -4.37. The third-order valence-electron chi connectivity index (χ3n) is 10.3. The lowest BCUT2D eigenvalue weighted by Gasteiger charge is -2.24. The first-order chi connectivity index (χ1) is 27.0. The Morgan fingerprint density at radius 1 is 0.536 bits per heavy atom. The van der Waals surface area contributed by atoms with Crippen LogP contribution in [0.2, 0.25) is 0 Å². The van der Waals surface area contributed by atoms with E-state index in [0.717, 1.165) is 32.1 Å². The van der Waals surface area contributed by atoms with Gasteiger partial charge in [0.25, 0.3) is 0 Å². The molecular weight excluding hydrogens is 725 g/mol. The summed E-state index contributed by atoms with van der Waals surface area (Å²) in [7, 11) is 1.49. The molecule has 0 aliphatic carbocycles. The van der Waals surface area contributed by atoms with E-state index in [0.29, 0.717) is 23.9 Å². The van der Waals surface area contributed by atoms with Crippen LogP contribution in [0.3, 0.4) is 0 Å². The smallest absolute Gasteiger partial charge is 0.462 e. The highest BCUT2D eigenvalue weighted by Gasteiger charge is 2.27. The Morgan fingerprint density at radius 3 is 1.34 bits per heavy atom. The number of phosphoric acid groups is 1. The zero-order valence-corrected chi connectivity index (χ0v) is 38.3. The van der Waals surface area contributed by atoms with E-state index in [2.05, 4.69) is 26.0 Å². The molecule has 332 valence electrons. The van der Waals surface area contributed by atoms with Crippen LogP contribution >= 0.6 is 7.82 Å². The SMILES string of the molecule is CCCCCC/C=C/CCCCCCCCCCCC(=O)OC[C@H](COP(=O)(O)OCC[N+](C)(C)C)OC(=O)CCCCCCCCCCCCCCCCC. The summed E-state index contributed by atoms with van der Waals surface area (Å²) >= 11 is 0. The molecule has 2 atom stereocenters. The van der Waals surface area contributed by atoms with Gasteiger partial charge in [-0.05, 0) is 38.5 Å². The van der Waals surface area contributed by atoms with Crippen molar-refractivity contribution in [3.8, 4) is 0 Å². The van der Waals surface area contributed by atoms with Gasteiger partial charge in [0.15, 0.2) is 6.10 Å². The summed E-state index contributed by atoms with van der Waals surface area (Å²) in [6.45, 7) is 4.44. The number of nitrogens with zero attached hydrogens (tertiary/aromatic N) is 1. The van der Waals surface area contributed by atoms with Gasteiger partial charge in [-0.15, -0.1) is 0 Å². The number of esters is 2. The van der Waals surface area contributed by atoms with E-state index in [1.54, 1.807) is 0 Å². The van der Waals surface area contributed by atoms with Crippen LogP contribution in [0.15, 0.2) is 12.2 Å². The van der Waals surface area contributed by atoms with Gasteiger partial charge in [-0.1, -0.05) is 180 Å². The maximum atomic E-state index is 12.7. The van der Waals surface area contributed by atoms with Gasteiger partial charge >= 0.3 is 19.8 Å². The van der Waals surface area contributed by atoms with Crippen molar-refractivity contribution in [3.63, 3.8) is 0 Å². The molecule has 0 aromatic heterocycles. The van der Waals surface area contributed by atoms with Crippen LogP contribution in [0, 0.1) is 0 Å². The van der Waals surface area contributed by atoms with E-state index >= 15 is 0 Å². The number of quaternary nitrogens is 1. The Balaban J connectivity index is 4.29. The first kappa shape index (κ1) is 54.8. The molecule has 0 saturated carbocycles. The summed E-state index contributed by atoms with van der Waals surface area (Å²) in [4.78, 5) is 35.4. The number of ether oxygens (including phenoxy) is 2. The van der Waals surface area contributed by atoms with Gasteiger partial charge in [-0.25, -0.2) is 4.57 Å². The molecule has 0 fully saturated rings. The number of hydrogen-bond acceptors (Lipinski definition) is 7. The van der Waals surface area contributed by atoms with Crippen LogP contribution in [0.4, 0.5) is 0 Å². The fourth-order valence-electron chi connectivity index (χ4n) is 6.60. The van der Waals surface area contributed by atoms with Crippen LogP contribution in [0.1, 0.15) is 219 Å². The van der Waals surface area contributed by atoms with Gasteiger partial charge in [0, 0.05) is 12.8 Å². The molecule has 0 rings (SSSR count). The number of allylic oxidation sites excluding steroid dienone is 2. The number of carbonyl (C=O) groups is 2. The predicted molar refractivity (Wildman–Crippen MR) is 234 cm³/mol. The maximum absolute atomic E-state index is 12.7. The van der Waals surface area contributed by atoms with Crippen molar-refractivity contribution in [1.29, 1.82) is 0 Å². The monoisotopic (exact) mass is 817 g/mol. The quantitative estimate of drug-likeness (QED) is 0.0213. The van der Waals surface area contributed by atoms with Gasteiger partial charge in [0.2, 0.25) is 0 Å². The van der Waals surface area contributed by atoms with Crippen molar-refractivity contribution in [2.45, 2.75) is 225 Å². The van der Waals surface area contributed by atoms with Crippen molar-refractivity contribution in [1.82, 2.24) is 0 Å². The van der Waals surface area contributed by atoms with Crippen molar-refractivity contribution < 1.29 is 42.1 Å². The summed E-state index contributed by atoms with van der Waals surface area (Å²) in [5, 5.41) is 0. The minimum absolute atomic E-state index is 0.0348. The summed E-state index contributed by atoms with van der Waals surface area (Å²) in [5.74, 6) is -0.789. The highest BCUT2D eigenvalue weighted by Crippen LogP contribution is 2.43. The molecular formula is C46H91NO8P+. The van der Waals surface area contributed by atoms with Crippen LogP contribution < -0.4 is 0 Å². The highest BCUT2D eigenvalue weighted by molar-refractivity contribution is 7.47. The normalized spacial score (nSPS) is 13.6. The van der Waals surface area contributed by atoms with Gasteiger partial charge < -0.3 is 18.9 Å². The zero-order valence-electron chi connectivity index (χ0n) is 37.4. The Labute approximate surface area is 346 Å². The van der Waals surface area contributed by atoms with Gasteiger partial charge in [-0.3, -0.25) is 18.6 Å². The summed E-state index contributed by atoms with van der Waals surface area (Å²) in [6, 6.07) is 0. The molecule has 0 radical (unpaired) electrons. The number of hydrogen-bond donors (Lipinski definition) is 1. The van der Waals surface area contributed by atoms with E-state index in [1.165, 1.54) is 154 Å². The Bertz CT molecular complexity index is 969. The van der Waals surface area contributed by atoms with Crippen molar-refractivity contribution >= 4 is 19.8 Å². The first-order valence-corrected chi connectivity index (χ1v) is 24.9. The summed E-state index contributed by atoms with van der Waals surface area (Å²) in [6.07, 6.45) is 41.1. The molecule has 0 aromatic rings. The number of phosphoric ester groups is 1. The molecule has 0 aliphatic heterocycles. The lowest BCUT2D eigenvalue weighted by Crippen LogP contribution is -2.37. The topological polar surface area (TPSA) is 108 Å². The number of rotatable bonds is 43. The molecule has 0 heterocycles. The van der Waals surface area contributed by atoms with Gasteiger partial charge in [-0.2, -0.15) is 0 Å². The van der Waals surface area contributed by atoms with E-state index in [-0.39, 0.29) is 25.6 Å². The molecule has 1 N–H and O–H groups in total. The van der Waals surface area contributed by atoms with Crippen LogP contribution in [-0.4, -0.2) is 74.9 Å². The largest absolute Gasteiger partial charge is 0.472 e. The number of unbranched alkanes of at least 4 members (excludes halogenated alkanes) is 27. The number of carbonyl (C=O) groups excluding carboxylic acids is 2. The predicted octanol–water partition coefficient (Wildman–Crippen LogP) is 13.4. The summed E-state index contributed by atoms with van der Waals surface area (Å²) < 4.78 is 34.4. The third kappa shape index (κ3) is 42.4. The molecule has 0 amide bonds. The maximum Gasteiger partial charge on any atom is 0.472 e. The second kappa shape index (κ2) is 39.2. The van der Waals surface area contributed by atoms with Crippen LogP contribution in [-0.2, 0) is 32.7 Å². The van der Waals surface area contributed by atoms with E-state index in [4.69, 9.17) is 18.5 Å². The van der Waals surface area contributed by atoms with Crippen LogP contribution in [0.25, 0.3) is 0 Å². The Kier molecular flexibility index (Phi) is 38.3. The molecule has 0 aromatic carbocycles. The van der Waals surface area contributed by atoms with Crippen LogP contribution in [0.5, 0.6) is 0 Å². The number of likely N-dealkylation sites (N-methyl/N-ethyl adjacent to an activating group) is 1. The van der Waals surface area contributed by atoms with E-state index < -0.39 is 26.5 Å². The van der Waals surface area contributed by atoms with Gasteiger partial charge in [0.05, 0.1) is 27.7 Å². The lowest BCUT2D eigenvalue weighted by molar-refractivity contribution is -0.870. The molecule has 9 nitrogen and oxygen atoms in total. The molecule has 0 saturated heterocycles. The summed E-state index contributed by atoms with van der Waals surface area (Å²) in [5.41, 5.74) is 0. The molecule has 0 bridgehead atoms. The molecule has 56 heavy (non-hydrogen) atoms. The van der Waals surface area contributed by atoms with Gasteiger partial charge in [0.1, 0.15) is 19.8 Å². The highest BCUT2D eigenvalue weighted by atomic mass is 31.2. The molecule has 10 heteroatoms. The second-order valence-electron chi connectivity index (χ2n) is 17.1. The minimum Gasteiger partial charge on any atom is -0.462 e. The second-order valence-corrected chi connectivity index (χ2v) is 18.6. The average molecular weight is 817 g/mol. The average Bonchev–Trinajstić information content (AvgIpc) is 3.15. The van der Waals surface area contributed by atoms with Crippen molar-refractivity contribution in [3.05, 3.63) is 12.2 Å². The van der Waals surface area contributed by atoms with Crippen molar-refractivity contribution in [2.24, 2.45) is 0 Å². The zero-order chi connectivity index (χ0) is 41.4. The van der Waals surface area contributed by atoms with E-state index in [9.17, 15) is 19.0 Å². The fraction of sp³-hybridized carbons (Fsp3) is 0.913. The van der Waals surface area contributed by atoms with E-state index in [1.807, 2.05) is 21.1 Å². The first-order valence-electron chi connectivity index (χ1n) is 23.4. The Hall–Kier alpha value is -1.25. The Morgan fingerprint density at radius 2 is 0.911 bits per heavy atom.